The number of anilines is 1. The minimum Gasteiger partial charge on any atom is -0.483 e. The molecule has 0 aliphatic carbocycles. The van der Waals surface area contributed by atoms with Gasteiger partial charge in [-0.2, -0.15) is 18.4 Å². The van der Waals surface area contributed by atoms with E-state index >= 15 is 0 Å². The van der Waals surface area contributed by atoms with Gasteiger partial charge < -0.3 is 15.0 Å². The Morgan fingerprint density at radius 3 is 2.65 bits per heavy atom. The number of rotatable bonds is 5. The van der Waals surface area contributed by atoms with Crippen molar-refractivity contribution in [1.29, 1.82) is 5.26 Å². The second-order valence-electron chi connectivity index (χ2n) is 4.03. The first-order chi connectivity index (χ1) is 9.30. The molecule has 0 aliphatic rings. The Kier molecular flexibility index (Phi) is 5.20. The number of hydrogen-bond donors (Lipinski definition) is 1. The topological polar surface area (TPSA) is 61.2 Å². The summed E-state index contributed by atoms with van der Waals surface area (Å²) in [5, 5.41) is 11.6. The molecule has 0 spiro atoms. The number of halogens is 3. The van der Waals surface area contributed by atoms with Crippen LogP contribution in [0.5, 0.6) is 5.75 Å². The van der Waals surface area contributed by atoms with Gasteiger partial charge in [-0.15, -0.1) is 0 Å². The van der Waals surface area contributed by atoms with Gasteiger partial charge in [0.15, 0.2) is 6.61 Å². The summed E-state index contributed by atoms with van der Waals surface area (Å²) in [6, 6.07) is 4.69. The van der Waals surface area contributed by atoms with E-state index in [0.717, 1.165) is 6.20 Å². The molecule has 0 saturated carbocycles. The van der Waals surface area contributed by atoms with E-state index in [4.69, 9.17) is 5.26 Å². The van der Waals surface area contributed by atoms with Crippen molar-refractivity contribution >= 4 is 5.82 Å². The molecule has 20 heavy (non-hydrogen) atoms. The highest BCUT2D eigenvalue weighted by Gasteiger charge is 2.28. The molecule has 0 amide bonds. The van der Waals surface area contributed by atoms with E-state index < -0.39 is 12.8 Å². The van der Waals surface area contributed by atoms with Crippen molar-refractivity contribution in [3.05, 3.63) is 30.2 Å². The monoisotopic (exact) mass is 286 g/mol. The molecule has 8 heteroatoms. The zero-order chi connectivity index (χ0) is 15.2. The van der Waals surface area contributed by atoms with Crippen LogP contribution in [0.25, 0.3) is 0 Å². The summed E-state index contributed by atoms with van der Waals surface area (Å²) in [6.45, 7) is -1.37. The minimum absolute atomic E-state index is 0.00275. The van der Waals surface area contributed by atoms with Crippen molar-refractivity contribution in [2.24, 2.45) is 0 Å². The van der Waals surface area contributed by atoms with Crippen LogP contribution in [0.4, 0.5) is 19.0 Å². The first-order valence-electron chi connectivity index (χ1n) is 5.51. The summed E-state index contributed by atoms with van der Waals surface area (Å²) >= 11 is 0. The van der Waals surface area contributed by atoms with Crippen molar-refractivity contribution in [3.63, 3.8) is 0 Å². The second-order valence-corrected chi connectivity index (χ2v) is 4.03. The van der Waals surface area contributed by atoms with E-state index in [1.54, 1.807) is 25.2 Å². The van der Waals surface area contributed by atoms with Crippen LogP contribution in [0.3, 0.4) is 0 Å². The normalized spacial score (nSPS) is 11.7. The SMILES string of the molecule is CN(C)C=C(C#N)Nc1ccc(OCC(F)(F)F)cn1. The van der Waals surface area contributed by atoms with E-state index in [0.29, 0.717) is 5.82 Å². The predicted octanol–water partition coefficient (Wildman–Crippen LogP) is 2.36. The van der Waals surface area contributed by atoms with Crippen LogP contribution in [0.2, 0.25) is 0 Å². The lowest BCUT2D eigenvalue weighted by molar-refractivity contribution is -0.153. The Bertz CT molecular complexity index is 503. The van der Waals surface area contributed by atoms with Gasteiger partial charge in [-0.1, -0.05) is 0 Å². The van der Waals surface area contributed by atoms with Gasteiger partial charge in [-0.05, 0) is 12.1 Å². The fourth-order valence-corrected chi connectivity index (χ4v) is 1.19. The van der Waals surface area contributed by atoms with Crippen LogP contribution in [0.1, 0.15) is 0 Å². The van der Waals surface area contributed by atoms with Gasteiger partial charge in [-0.3, -0.25) is 0 Å². The standard InChI is InChI=1S/C12H13F3N4O/c1-19(2)7-9(5-16)18-11-4-3-10(6-17-11)20-8-12(13,14)15/h3-4,6-7H,8H2,1-2H3,(H,17,18). The maximum absolute atomic E-state index is 12.0. The van der Waals surface area contributed by atoms with Crippen LogP contribution in [-0.4, -0.2) is 36.8 Å². The average molecular weight is 286 g/mol. The maximum atomic E-state index is 12.0. The molecule has 5 nitrogen and oxygen atoms in total. The Balaban J connectivity index is 2.65. The summed E-state index contributed by atoms with van der Waals surface area (Å²) in [5.41, 5.74) is 0.256. The number of aromatic nitrogens is 1. The molecule has 0 unspecified atom stereocenters. The number of ether oxygens (including phenoxy) is 1. The van der Waals surface area contributed by atoms with Gasteiger partial charge in [0.25, 0.3) is 0 Å². The van der Waals surface area contributed by atoms with Gasteiger partial charge >= 0.3 is 6.18 Å². The largest absolute Gasteiger partial charge is 0.483 e. The molecule has 0 bridgehead atoms. The third kappa shape index (κ3) is 5.95. The Labute approximate surface area is 114 Å². The molecule has 1 heterocycles. The van der Waals surface area contributed by atoms with E-state index in [-0.39, 0.29) is 11.4 Å². The number of alkyl halides is 3. The average Bonchev–Trinajstić information content (AvgIpc) is 2.35. The number of nitriles is 1. The quantitative estimate of drug-likeness (QED) is 0.842. The van der Waals surface area contributed by atoms with Crippen molar-refractivity contribution in [2.45, 2.75) is 6.18 Å². The second kappa shape index (κ2) is 6.65. The lowest BCUT2D eigenvalue weighted by Crippen LogP contribution is -2.19. The summed E-state index contributed by atoms with van der Waals surface area (Å²) in [5.74, 6) is 0.335. The third-order valence-electron chi connectivity index (χ3n) is 1.91. The van der Waals surface area contributed by atoms with Gasteiger partial charge in [0.1, 0.15) is 23.3 Å². The molecule has 0 aliphatic heterocycles. The molecule has 1 aromatic rings. The Morgan fingerprint density at radius 1 is 1.50 bits per heavy atom. The lowest BCUT2D eigenvalue weighted by atomic mass is 10.4. The summed E-state index contributed by atoms with van der Waals surface area (Å²) in [4.78, 5) is 5.53. The van der Waals surface area contributed by atoms with Crippen molar-refractivity contribution < 1.29 is 17.9 Å². The van der Waals surface area contributed by atoms with Gasteiger partial charge in [0.2, 0.25) is 0 Å². The maximum Gasteiger partial charge on any atom is 0.422 e. The van der Waals surface area contributed by atoms with Crippen LogP contribution >= 0.6 is 0 Å². The Morgan fingerprint density at radius 2 is 2.20 bits per heavy atom. The van der Waals surface area contributed by atoms with Gasteiger partial charge in [-0.25, -0.2) is 4.98 Å². The molecule has 1 N–H and O–H groups in total. The van der Waals surface area contributed by atoms with Crippen molar-refractivity contribution in [2.75, 3.05) is 26.0 Å². The summed E-state index contributed by atoms with van der Waals surface area (Å²) in [6.07, 6.45) is -1.69. The van der Waals surface area contributed by atoms with Gasteiger partial charge in [0, 0.05) is 20.3 Å². The van der Waals surface area contributed by atoms with Gasteiger partial charge in [0.05, 0.1) is 6.20 Å². The third-order valence-corrected chi connectivity index (χ3v) is 1.91. The highest BCUT2D eigenvalue weighted by atomic mass is 19.4. The predicted molar refractivity (Wildman–Crippen MR) is 66.8 cm³/mol. The van der Waals surface area contributed by atoms with Crippen molar-refractivity contribution in [3.8, 4) is 11.8 Å². The molecule has 0 fully saturated rings. The first-order valence-corrected chi connectivity index (χ1v) is 5.51. The smallest absolute Gasteiger partial charge is 0.422 e. The molecule has 0 saturated heterocycles. The number of nitrogens with one attached hydrogen (secondary N) is 1. The molecule has 1 aromatic heterocycles. The molecule has 1 rings (SSSR count). The number of allylic oxidation sites excluding steroid dienone is 1. The summed E-state index contributed by atoms with van der Waals surface area (Å²) in [7, 11) is 3.50. The summed E-state index contributed by atoms with van der Waals surface area (Å²) < 4.78 is 40.4. The van der Waals surface area contributed by atoms with E-state index in [1.165, 1.54) is 12.1 Å². The molecular formula is C12H13F3N4O. The van der Waals surface area contributed by atoms with Crippen LogP contribution < -0.4 is 10.1 Å². The highest BCUT2D eigenvalue weighted by Crippen LogP contribution is 2.19. The number of nitrogens with zero attached hydrogens (tertiary/aromatic N) is 3. The fraction of sp³-hybridized carbons (Fsp3) is 0.333. The molecule has 0 aromatic carbocycles. The van der Waals surface area contributed by atoms with Crippen LogP contribution in [-0.2, 0) is 0 Å². The fourth-order valence-electron chi connectivity index (χ4n) is 1.19. The Hall–Kier alpha value is -2.43. The molecule has 108 valence electrons. The van der Waals surface area contributed by atoms with E-state index in [2.05, 4.69) is 15.0 Å². The van der Waals surface area contributed by atoms with E-state index in [1.807, 2.05) is 6.07 Å². The van der Waals surface area contributed by atoms with Crippen LogP contribution in [0, 0.1) is 11.3 Å². The lowest BCUT2D eigenvalue weighted by Gasteiger charge is -2.10. The minimum atomic E-state index is -4.39. The van der Waals surface area contributed by atoms with Crippen molar-refractivity contribution in [1.82, 2.24) is 9.88 Å². The highest BCUT2D eigenvalue weighted by molar-refractivity contribution is 5.47. The van der Waals surface area contributed by atoms with Crippen LogP contribution in [0.15, 0.2) is 30.2 Å². The number of hydrogen-bond acceptors (Lipinski definition) is 5. The zero-order valence-corrected chi connectivity index (χ0v) is 10.9. The molecule has 0 atom stereocenters. The zero-order valence-electron chi connectivity index (χ0n) is 10.9. The number of pyridine rings is 1. The molecule has 0 radical (unpaired) electrons. The van der Waals surface area contributed by atoms with E-state index in [9.17, 15) is 13.2 Å². The molecular weight excluding hydrogens is 273 g/mol. The first kappa shape index (κ1) is 15.6.